The van der Waals surface area contributed by atoms with E-state index in [4.69, 9.17) is 10.2 Å². The van der Waals surface area contributed by atoms with Gasteiger partial charge in [0.25, 0.3) is 0 Å². The Balaban J connectivity index is 0. The highest BCUT2D eigenvalue weighted by atomic mass is 16.3. The molecular weight excluding hydrogens is 152 g/mol. The van der Waals surface area contributed by atoms with Crippen molar-refractivity contribution in [1.29, 1.82) is 0 Å². The van der Waals surface area contributed by atoms with Crippen LogP contribution in [-0.2, 0) is 0 Å². The van der Waals surface area contributed by atoms with Gasteiger partial charge in [-0.05, 0) is 6.42 Å². The molecule has 0 heterocycles. The maximum atomic E-state index is 8.30. The molecule has 0 rings (SSSR count). The lowest BCUT2D eigenvalue weighted by molar-refractivity contribution is 0.131. The molecule has 2 heteroatoms. The largest absolute Gasteiger partial charge is 0.393 e. The second kappa shape index (κ2) is 13.0. The van der Waals surface area contributed by atoms with Crippen LogP contribution >= 0.6 is 0 Å². The Bertz CT molecular complexity index is 100. The zero-order valence-electron chi connectivity index (χ0n) is 7.87. The monoisotopic (exact) mass is 172 g/mol. The van der Waals surface area contributed by atoms with Gasteiger partial charge in [0.15, 0.2) is 0 Å². The van der Waals surface area contributed by atoms with Crippen LogP contribution < -0.4 is 0 Å². The first kappa shape index (κ1) is 14.0. The lowest BCUT2D eigenvalue weighted by atomic mass is 10.3. The molecular formula is C10H20O2. The normalized spacial score (nSPS) is 10.9. The molecule has 0 aromatic rings. The van der Waals surface area contributed by atoms with Gasteiger partial charge in [0.1, 0.15) is 0 Å². The summed E-state index contributed by atoms with van der Waals surface area (Å²) in [5.41, 5.74) is 0. The van der Waals surface area contributed by atoms with Crippen LogP contribution in [0.2, 0.25) is 0 Å². The highest BCUT2D eigenvalue weighted by Gasteiger charge is 1.87. The number of aliphatic hydroxyl groups is 2. The Kier molecular flexibility index (Phi) is 15.1. The fourth-order valence-corrected chi connectivity index (χ4v) is 0.423. The van der Waals surface area contributed by atoms with Crippen molar-refractivity contribution < 1.29 is 10.2 Å². The zero-order chi connectivity index (χ0) is 9.82. The average Bonchev–Trinajstić information content (AvgIpc) is 2.14. The van der Waals surface area contributed by atoms with E-state index in [0.29, 0.717) is 0 Å². The summed E-state index contributed by atoms with van der Waals surface area (Å²) < 4.78 is 0. The zero-order valence-corrected chi connectivity index (χ0v) is 7.87. The van der Waals surface area contributed by atoms with Crippen LogP contribution in [0.5, 0.6) is 0 Å². The van der Waals surface area contributed by atoms with Crippen LogP contribution in [0.3, 0.4) is 0 Å². The molecule has 72 valence electrons. The van der Waals surface area contributed by atoms with Crippen LogP contribution in [0.1, 0.15) is 26.2 Å². The molecule has 0 fully saturated rings. The van der Waals surface area contributed by atoms with E-state index in [0.717, 1.165) is 0 Å². The van der Waals surface area contributed by atoms with Gasteiger partial charge in [-0.1, -0.05) is 31.9 Å². The summed E-state index contributed by atoms with van der Waals surface area (Å²) in [6.07, 6.45) is 6.25. The fraction of sp³-hybridized carbons (Fsp3) is 0.600. The maximum absolute atomic E-state index is 8.30. The third-order valence-electron chi connectivity index (χ3n) is 1.22. The van der Waals surface area contributed by atoms with Crippen molar-refractivity contribution in [3.63, 3.8) is 0 Å². The lowest BCUT2D eigenvalue weighted by Crippen LogP contribution is -2.05. The molecule has 0 aromatic heterocycles. The van der Waals surface area contributed by atoms with Gasteiger partial charge in [-0.2, -0.15) is 0 Å². The van der Waals surface area contributed by atoms with Crippen LogP contribution in [-0.4, -0.2) is 22.9 Å². The average molecular weight is 172 g/mol. The molecule has 0 aliphatic carbocycles. The predicted octanol–water partition coefficient (Wildman–Crippen LogP) is 1.89. The predicted molar refractivity (Wildman–Crippen MR) is 53.0 cm³/mol. The Morgan fingerprint density at radius 1 is 1.42 bits per heavy atom. The fourth-order valence-electron chi connectivity index (χ4n) is 0.423. The van der Waals surface area contributed by atoms with Gasteiger partial charge in [0.05, 0.1) is 12.7 Å². The Hall–Kier alpha value is -0.600. The summed E-state index contributed by atoms with van der Waals surface area (Å²) in [5.74, 6) is 0. The van der Waals surface area contributed by atoms with Crippen LogP contribution in [0, 0.1) is 0 Å². The van der Waals surface area contributed by atoms with Gasteiger partial charge in [-0.15, -0.1) is 13.2 Å². The van der Waals surface area contributed by atoms with Crippen molar-refractivity contribution in [3.8, 4) is 0 Å². The molecule has 0 aromatic carbocycles. The number of unbranched alkanes of at least 4 members (excludes halogenated alkanes) is 2. The standard InChI is InChI=1S/C6H12.C4H8O2/c1-3-5-6-4-2;1-2-4(6)3-5/h3H,1,4-6H2,2H3;2,4-6H,1,3H2. The minimum absolute atomic E-state index is 0.233. The highest BCUT2D eigenvalue weighted by Crippen LogP contribution is 1.91. The highest BCUT2D eigenvalue weighted by molar-refractivity contribution is 4.76. The molecule has 1 atom stereocenters. The van der Waals surface area contributed by atoms with Gasteiger partial charge in [0, 0.05) is 0 Å². The number of allylic oxidation sites excluding steroid dienone is 1. The second-order valence-corrected chi connectivity index (χ2v) is 2.42. The molecule has 12 heavy (non-hydrogen) atoms. The summed E-state index contributed by atoms with van der Waals surface area (Å²) in [6, 6.07) is 0. The smallest absolute Gasteiger partial charge is 0.0949 e. The van der Waals surface area contributed by atoms with E-state index < -0.39 is 6.10 Å². The molecule has 0 aliphatic heterocycles. The molecule has 0 spiro atoms. The van der Waals surface area contributed by atoms with Gasteiger partial charge in [-0.3, -0.25) is 0 Å². The molecule has 1 unspecified atom stereocenters. The van der Waals surface area contributed by atoms with Gasteiger partial charge in [-0.25, -0.2) is 0 Å². The van der Waals surface area contributed by atoms with Gasteiger partial charge < -0.3 is 10.2 Å². The molecule has 0 aliphatic rings. The van der Waals surface area contributed by atoms with E-state index in [1.807, 2.05) is 6.08 Å². The second-order valence-electron chi connectivity index (χ2n) is 2.42. The van der Waals surface area contributed by atoms with Crippen molar-refractivity contribution >= 4 is 0 Å². The molecule has 0 saturated carbocycles. The summed E-state index contributed by atoms with van der Waals surface area (Å²) in [5, 5.41) is 16.3. The third-order valence-corrected chi connectivity index (χ3v) is 1.22. The van der Waals surface area contributed by atoms with Crippen molar-refractivity contribution in [1.82, 2.24) is 0 Å². The topological polar surface area (TPSA) is 40.5 Å². The third kappa shape index (κ3) is 16.2. The first-order chi connectivity index (χ1) is 5.72. The van der Waals surface area contributed by atoms with Crippen molar-refractivity contribution in [2.24, 2.45) is 0 Å². The van der Waals surface area contributed by atoms with E-state index >= 15 is 0 Å². The summed E-state index contributed by atoms with van der Waals surface area (Å²) >= 11 is 0. The van der Waals surface area contributed by atoms with Crippen LogP contribution in [0.15, 0.2) is 25.3 Å². The number of aliphatic hydroxyl groups excluding tert-OH is 2. The lowest BCUT2D eigenvalue weighted by Gasteiger charge is -1.93. The summed E-state index contributed by atoms with van der Waals surface area (Å²) in [4.78, 5) is 0. The minimum Gasteiger partial charge on any atom is -0.393 e. The number of hydrogen-bond donors (Lipinski definition) is 2. The van der Waals surface area contributed by atoms with E-state index in [1.54, 1.807) is 0 Å². The summed E-state index contributed by atoms with van der Waals surface area (Å²) in [7, 11) is 0. The van der Waals surface area contributed by atoms with Crippen LogP contribution in [0.4, 0.5) is 0 Å². The SMILES string of the molecule is C=CC(O)CO.C=CCCCC. The quantitative estimate of drug-likeness (QED) is 0.491. The van der Waals surface area contributed by atoms with Crippen LogP contribution in [0.25, 0.3) is 0 Å². The van der Waals surface area contributed by atoms with Gasteiger partial charge in [0.2, 0.25) is 0 Å². The molecule has 0 bridgehead atoms. The Morgan fingerprint density at radius 2 is 2.00 bits per heavy atom. The molecule has 0 amide bonds. The van der Waals surface area contributed by atoms with Crippen molar-refractivity contribution in [2.45, 2.75) is 32.3 Å². The number of rotatable bonds is 5. The number of hydrogen-bond acceptors (Lipinski definition) is 2. The first-order valence-electron chi connectivity index (χ1n) is 4.25. The van der Waals surface area contributed by atoms with E-state index in [-0.39, 0.29) is 6.61 Å². The van der Waals surface area contributed by atoms with E-state index in [9.17, 15) is 0 Å². The van der Waals surface area contributed by atoms with Crippen molar-refractivity contribution in [3.05, 3.63) is 25.3 Å². The molecule has 0 radical (unpaired) electrons. The van der Waals surface area contributed by atoms with E-state index in [2.05, 4.69) is 20.1 Å². The molecule has 0 saturated heterocycles. The molecule has 2 N–H and O–H groups in total. The summed E-state index contributed by atoms with van der Waals surface area (Å²) in [6.45, 7) is 8.77. The van der Waals surface area contributed by atoms with E-state index in [1.165, 1.54) is 25.3 Å². The first-order valence-corrected chi connectivity index (χ1v) is 4.25. The van der Waals surface area contributed by atoms with Gasteiger partial charge >= 0.3 is 0 Å². The Labute approximate surface area is 75.2 Å². The maximum Gasteiger partial charge on any atom is 0.0949 e. The molecule has 2 nitrogen and oxygen atoms in total. The van der Waals surface area contributed by atoms with Crippen molar-refractivity contribution in [2.75, 3.05) is 6.61 Å². The minimum atomic E-state index is -0.745. The Morgan fingerprint density at radius 3 is 2.08 bits per heavy atom.